The molecule has 1 aromatic heterocycles. The molecule has 0 unspecified atom stereocenters. The Morgan fingerprint density at radius 2 is 2.25 bits per heavy atom. The van der Waals surface area contributed by atoms with Crippen molar-refractivity contribution < 1.29 is 13.6 Å². The van der Waals surface area contributed by atoms with Gasteiger partial charge in [-0.15, -0.1) is 0 Å². The molecule has 0 bridgehead atoms. The maximum atomic E-state index is 12.0. The molecule has 4 nitrogen and oxygen atoms in total. The number of nitrogens with two attached hydrogens (primary N) is 1. The van der Waals surface area contributed by atoms with Gasteiger partial charge in [0, 0.05) is 19.8 Å². The van der Waals surface area contributed by atoms with Gasteiger partial charge in [0.05, 0.1) is 6.54 Å². The molecule has 16 heavy (non-hydrogen) atoms. The van der Waals surface area contributed by atoms with Crippen molar-refractivity contribution in [2.45, 2.75) is 13.0 Å². The van der Waals surface area contributed by atoms with Gasteiger partial charge in [0.25, 0.3) is 12.3 Å². The Morgan fingerprint density at radius 3 is 2.69 bits per heavy atom. The number of hydrogen-bond donors (Lipinski definition) is 1. The number of aromatic nitrogens is 1. The van der Waals surface area contributed by atoms with Crippen LogP contribution in [0.25, 0.3) is 0 Å². The highest BCUT2D eigenvalue weighted by molar-refractivity contribution is 5.92. The third-order valence-corrected chi connectivity index (χ3v) is 2.04. The Labute approximate surface area is 92.1 Å². The molecule has 0 aliphatic heterocycles. The maximum absolute atomic E-state index is 12.0. The summed E-state index contributed by atoms with van der Waals surface area (Å²) in [5.74, 6) is -0.524. The summed E-state index contributed by atoms with van der Waals surface area (Å²) in [6.07, 6.45) is -1.08. The summed E-state index contributed by atoms with van der Waals surface area (Å²) in [7, 11) is 1.31. The lowest BCUT2D eigenvalue weighted by atomic mass is 10.2. The Balaban J connectivity index is 2.72. The van der Waals surface area contributed by atoms with E-state index in [2.05, 4.69) is 4.98 Å². The van der Waals surface area contributed by atoms with Crippen LogP contribution in [0, 0.1) is 0 Å². The molecule has 0 saturated heterocycles. The molecule has 1 heterocycles. The van der Waals surface area contributed by atoms with E-state index in [1.807, 2.05) is 0 Å². The minimum Gasteiger partial charge on any atom is -0.335 e. The molecular formula is C10H13F2N3O. The minimum atomic E-state index is -2.54. The van der Waals surface area contributed by atoms with Gasteiger partial charge in [-0.2, -0.15) is 0 Å². The van der Waals surface area contributed by atoms with Gasteiger partial charge >= 0.3 is 0 Å². The zero-order valence-electron chi connectivity index (χ0n) is 8.86. The van der Waals surface area contributed by atoms with E-state index in [1.165, 1.54) is 19.3 Å². The van der Waals surface area contributed by atoms with Gasteiger partial charge in [-0.05, 0) is 11.6 Å². The largest absolute Gasteiger partial charge is 0.335 e. The Morgan fingerprint density at radius 1 is 1.56 bits per heavy atom. The summed E-state index contributed by atoms with van der Waals surface area (Å²) in [4.78, 5) is 16.4. The first-order valence-corrected chi connectivity index (χ1v) is 4.73. The lowest BCUT2D eigenvalue weighted by Gasteiger charge is -2.15. The fourth-order valence-corrected chi connectivity index (χ4v) is 1.16. The molecule has 0 aliphatic rings. The standard InChI is InChI=1S/C10H13F2N3O/c1-15(6-9(11)12)10(16)8-3-2-7(4-13)5-14-8/h2-3,5,9H,4,6,13H2,1H3. The van der Waals surface area contributed by atoms with E-state index < -0.39 is 18.9 Å². The highest BCUT2D eigenvalue weighted by Crippen LogP contribution is 2.04. The fourth-order valence-electron chi connectivity index (χ4n) is 1.16. The smallest absolute Gasteiger partial charge is 0.272 e. The highest BCUT2D eigenvalue weighted by Gasteiger charge is 2.16. The summed E-state index contributed by atoms with van der Waals surface area (Å²) < 4.78 is 24.1. The topological polar surface area (TPSA) is 59.2 Å². The Kier molecular flexibility index (Phi) is 4.30. The maximum Gasteiger partial charge on any atom is 0.272 e. The summed E-state index contributed by atoms with van der Waals surface area (Å²) in [6, 6.07) is 3.13. The van der Waals surface area contributed by atoms with Gasteiger partial charge in [-0.3, -0.25) is 9.78 Å². The fraction of sp³-hybridized carbons (Fsp3) is 0.400. The second-order valence-corrected chi connectivity index (χ2v) is 3.33. The first kappa shape index (κ1) is 12.5. The zero-order chi connectivity index (χ0) is 12.1. The van der Waals surface area contributed by atoms with Gasteiger partial charge in [0.2, 0.25) is 0 Å². The summed E-state index contributed by atoms with van der Waals surface area (Å²) in [5.41, 5.74) is 6.29. The molecule has 2 N–H and O–H groups in total. The van der Waals surface area contributed by atoms with Crippen LogP contribution in [0.15, 0.2) is 18.3 Å². The van der Waals surface area contributed by atoms with Crippen molar-refractivity contribution in [2.24, 2.45) is 5.73 Å². The summed E-state index contributed by atoms with van der Waals surface area (Å²) in [6.45, 7) is -0.270. The predicted octanol–water partition coefficient (Wildman–Crippen LogP) is 0.877. The minimum absolute atomic E-state index is 0.139. The van der Waals surface area contributed by atoms with Crippen LogP contribution < -0.4 is 5.73 Å². The number of halogens is 2. The van der Waals surface area contributed by atoms with Gasteiger partial charge in [0.15, 0.2) is 0 Å². The van der Waals surface area contributed by atoms with E-state index in [4.69, 9.17) is 5.73 Å². The molecule has 1 aromatic rings. The third kappa shape index (κ3) is 3.23. The molecule has 1 amide bonds. The van der Waals surface area contributed by atoms with Crippen molar-refractivity contribution in [2.75, 3.05) is 13.6 Å². The number of rotatable bonds is 4. The normalized spacial score (nSPS) is 10.6. The second kappa shape index (κ2) is 5.50. The quantitative estimate of drug-likeness (QED) is 0.833. The van der Waals surface area contributed by atoms with Crippen LogP contribution in [0.4, 0.5) is 8.78 Å². The zero-order valence-corrected chi connectivity index (χ0v) is 8.86. The highest BCUT2D eigenvalue weighted by atomic mass is 19.3. The van der Waals surface area contributed by atoms with Gasteiger partial charge in [-0.25, -0.2) is 8.78 Å². The Bertz CT molecular complexity index is 354. The molecule has 0 saturated carbocycles. The van der Waals surface area contributed by atoms with Crippen molar-refractivity contribution in [3.05, 3.63) is 29.6 Å². The lowest BCUT2D eigenvalue weighted by Crippen LogP contribution is -2.31. The second-order valence-electron chi connectivity index (χ2n) is 3.33. The number of carbonyl (C=O) groups excluding carboxylic acids is 1. The molecule has 0 spiro atoms. The van der Waals surface area contributed by atoms with Crippen LogP contribution in [-0.2, 0) is 6.54 Å². The molecule has 88 valence electrons. The molecule has 0 atom stereocenters. The average Bonchev–Trinajstić information content (AvgIpc) is 2.27. The molecular weight excluding hydrogens is 216 g/mol. The molecule has 0 aliphatic carbocycles. The SMILES string of the molecule is CN(CC(F)F)C(=O)c1ccc(CN)cn1. The van der Waals surface area contributed by atoms with Gasteiger partial charge in [-0.1, -0.05) is 6.07 Å². The number of carbonyl (C=O) groups is 1. The first-order chi connectivity index (χ1) is 7.54. The lowest BCUT2D eigenvalue weighted by molar-refractivity contribution is 0.0615. The van der Waals surface area contributed by atoms with E-state index in [0.717, 1.165) is 10.5 Å². The summed E-state index contributed by atoms with van der Waals surface area (Å²) >= 11 is 0. The molecule has 1 rings (SSSR count). The van der Waals surface area contributed by atoms with Crippen LogP contribution >= 0.6 is 0 Å². The van der Waals surface area contributed by atoms with Crippen LogP contribution in [0.5, 0.6) is 0 Å². The van der Waals surface area contributed by atoms with Crippen LogP contribution in [0.2, 0.25) is 0 Å². The van der Waals surface area contributed by atoms with Crippen molar-refractivity contribution in [1.29, 1.82) is 0 Å². The number of alkyl halides is 2. The van der Waals surface area contributed by atoms with Crippen molar-refractivity contribution in [3.8, 4) is 0 Å². The van der Waals surface area contributed by atoms with E-state index in [1.54, 1.807) is 6.07 Å². The molecule has 0 radical (unpaired) electrons. The van der Waals surface area contributed by atoms with Crippen molar-refractivity contribution >= 4 is 5.91 Å². The summed E-state index contributed by atoms with van der Waals surface area (Å²) in [5, 5.41) is 0. The Hall–Kier alpha value is -1.56. The average molecular weight is 229 g/mol. The third-order valence-electron chi connectivity index (χ3n) is 2.04. The van der Waals surface area contributed by atoms with E-state index in [9.17, 15) is 13.6 Å². The van der Waals surface area contributed by atoms with Crippen LogP contribution in [-0.4, -0.2) is 35.8 Å². The number of hydrogen-bond acceptors (Lipinski definition) is 3. The first-order valence-electron chi connectivity index (χ1n) is 4.73. The van der Waals surface area contributed by atoms with Crippen molar-refractivity contribution in [3.63, 3.8) is 0 Å². The van der Waals surface area contributed by atoms with E-state index in [0.29, 0.717) is 6.54 Å². The molecule has 6 heteroatoms. The van der Waals surface area contributed by atoms with E-state index >= 15 is 0 Å². The number of amides is 1. The predicted molar refractivity (Wildman–Crippen MR) is 55.1 cm³/mol. The molecule has 0 fully saturated rings. The van der Waals surface area contributed by atoms with Gasteiger partial charge in [0.1, 0.15) is 5.69 Å². The molecule has 0 aromatic carbocycles. The van der Waals surface area contributed by atoms with Gasteiger partial charge < -0.3 is 10.6 Å². The number of pyridine rings is 1. The monoisotopic (exact) mass is 229 g/mol. The van der Waals surface area contributed by atoms with Crippen molar-refractivity contribution in [1.82, 2.24) is 9.88 Å². The van der Waals surface area contributed by atoms with Crippen LogP contribution in [0.3, 0.4) is 0 Å². The van der Waals surface area contributed by atoms with Crippen LogP contribution in [0.1, 0.15) is 16.1 Å². The number of nitrogens with zero attached hydrogens (tertiary/aromatic N) is 2. The van der Waals surface area contributed by atoms with E-state index in [-0.39, 0.29) is 5.69 Å².